The Labute approximate surface area is 123 Å². The van der Waals surface area contributed by atoms with Crippen LogP contribution in [0.5, 0.6) is 5.75 Å². The molecule has 0 atom stereocenters. The van der Waals surface area contributed by atoms with E-state index in [1.54, 1.807) is 20.3 Å². The molecule has 0 fully saturated rings. The van der Waals surface area contributed by atoms with Crippen LogP contribution in [0, 0.1) is 6.92 Å². The zero-order valence-electron chi connectivity index (χ0n) is 12.3. The third-order valence-corrected chi connectivity index (χ3v) is 2.81. The van der Waals surface area contributed by atoms with E-state index in [-0.39, 0.29) is 0 Å². The van der Waals surface area contributed by atoms with Gasteiger partial charge in [-0.1, -0.05) is 6.07 Å². The number of hydrogen-bond donors (Lipinski definition) is 3. The van der Waals surface area contributed by atoms with Crippen LogP contribution in [0.3, 0.4) is 0 Å². The molecule has 0 amide bonds. The average Bonchev–Trinajstić information content (AvgIpc) is 2.47. The Kier molecular flexibility index (Phi) is 4.91. The molecule has 21 heavy (non-hydrogen) atoms. The van der Waals surface area contributed by atoms with E-state index in [9.17, 15) is 0 Å². The summed E-state index contributed by atoms with van der Waals surface area (Å²) < 4.78 is 10.4. The number of hydrazine groups is 1. The summed E-state index contributed by atoms with van der Waals surface area (Å²) in [4.78, 5) is 8.57. The predicted molar refractivity (Wildman–Crippen MR) is 81.6 cm³/mol. The number of nitrogens with zero attached hydrogens (tertiary/aromatic N) is 2. The third-order valence-electron chi connectivity index (χ3n) is 2.81. The Hall–Kier alpha value is -2.38. The van der Waals surface area contributed by atoms with Gasteiger partial charge in [0.25, 0.3) is 0 Å². The topological polar surface area (TPSA) is 94.3 Å². The van der Waals surface area contributed by atoms with E-state index >= 15 is 0 Å². The number of nitrogens with one attached hydrogen (secondary N) is 2. The van der Waals surface area contributed by atoms with E-state index in [1.807, 2.05) is 25.1 Å². The minimum atomic E-state index is 0.301. The number of nitrogen functional groups attached to an aromatic ring is 1. The van der Waals surface area contributed by atoms with E-state index in [0.29, 0.717) is 24.1 Å². The zero-order chi connectivity index (χ0) is 15.2. The van der Waals surface area contributed by atoms with Gasteiger partial charge in [0.2, 0.25) is 0 Å². The van der Waals surface area contributed by atoms with Gasteiger partial charge in [0.1, 0.15) is 24.0 Å². The molecule has 0 aliphatic rings. The lowest BCUT2D eigenvalue weighted by Crippen LogP contribution is -2.12. The van der Waals surface area contributed by atoms with Gasteiger partial charge in [-0.15, -0.1) is 0 Å². The highest BCUT2D eigenvalue weighted by Gasteiger charge is 2.08. The summed E-state index contributed by atoms with van der Waals surface area (Å²) in [6, 6.07) is 7.57. The van der Waals surface area contributed by atoms with Gasteiger partial charge in [-0.25, -0.2) is 15.8 Å². The first-order valence-corrected chi connectivity index (χ1v) is 6.41. The first-order chi connectivity index (χ1) is 10.2. The van der Waals surface area contributed by atoms with Gasteiger partial charge in [0.05, 0.1) is 12.8 Å². The van der Waals surface area contributed by atoms with Gasteiger partial charge in [-0.2, -0.15) is 0 Å². The number of aryl methyl sites for hydroxylation is 1. The van der Waals surface area contributed by atoms with Crippen LogP contribution in [-0.2, 0) is 11.3 Å². The number of hydrogen-bond acceptors (Lipinski definition) is 7. The summed E-state index contributed by atoms with van der Waals surface area (Å²) >= 11 is 0. The van der Waals surface area contributed by atoms with E-state index < -0.39 is 0 Å². The fraction of sp³-hybridized carbons (Fsp3) is 0.286. The van der Waals surface area contributed by atoms with Crippen LogP contribution in [0.1, 0.15) is 11.4 Å². The number of nitrogens with two attached hydrogens (primary N) is 1. The summed E-state index contributed by atoms with van der Waals surface area (Å²) in [7, 11) is 3.21. The number of aromatic nitrogens is 2. The Morgan fingerprint density at radius 3 is 2.57 bits per heavy atom. The molecule has 0 bridgehead atoms. The zero-order valence-corrected chi connectivity index (χ0v) is 12.3. The fourth-order valence-electron chi connectivity index (χ4n) is 1.89. The number of anilines is 3. The largest absolute Gasteiger partial charge is 0.495 e. The van der Waals surface area contributed by atoms with E-state index in [1.165, 1.54) is 0 Å². The van der Waals surface area contributed by atoms with Crippen LogP contribution in [0.4, 0.5) is 17.3 Å². The van der Waals surface area contributed by atoms with Crippen molar-refractivity contribution in [3.63, 3.8) is 0 Å². The molecule has 7 heteroatoms. The SMILES string of the molecule is COCc1nc(NN)cc(Nc2cc(C)ccc2OC)n1. The van der Waals surface area contributed by atoms with Crippen LogP contribution in [0.25, 0.3) is 0 Å². The molecular weight excluding hydrogens is 270 g/mol. The molecule has 0 unspecified atom stereocenters. The Morgan fingerprint density at radius 1 is 1.14 bits per heavy atom. The second-order valence-corrected chi connectivity index (χ2v) is 4.46. The summed E-state index contributed by atoms with van der Waals surface area (Å²) in [6.07, 6.45) is 0. The molecule has 0 spiro atoms. The molecule has 7 nitrogen and oxygen atoms in total. The van der Waals surface area contributed by atoms with Gasteiger partial charge >= 0.3 is 0 Å². The van der Waals surface area contributed by atoms with Gasteiger partial charge in [-0.05, 0) is 24.6 Å². The van der Waals surface area contributed by atoms with Gasteiger partial charge < -0.3 is 20.2 Å². The molecule has 1 aromatic carbocycles. The summed E-state index contributed by atoms with van der Waals surface area (Å²) in [6.45, 7) is 2.31. The van der Waals surface area contributed by atoms with Crippen molar-refractivity contribution in [3.05, 3.63) is 35.7 Å². The molecule has 0 saturated heterocycles. The fourth-order valence-corrected chi connectivity index (χ4v) is 1.89. The second-order valence-electron chi connectivity index (χ2n) is 4.46. The Morgan fingerprint density at radius 2 is 1.90 bits per heavy atom. The maximum atomic E-state index is 5.42. The first-order valence-electron chi connectivity index (χ1n) is 6.41. The highest BCUT2D eigenvalue weighted by molar-refractivity contribution is 5.66. The van der Waals surface area contributed by atoms with Crippen molar-refractivity contribution in [3.8, 4) is 5.75 Å². The minimum absolute atomic E-state index is 0.301. The maximum absolute atomic E-state index is 5.42. The minimum Gasteiger partial charge on any atom is -0.495 e. The number of ether oxygens (including phenoxy) is 2. The number of rotatable bonds is 6. The summed E-state index contributed by atoms with van der Waals surface area (Å²) in [5.41, 5.74) is 4.45. The lowest BCUT2D eigenvalue weighted by atomic mass is 10.2. The second kappa shape index (κ2) is 6.87. The van der Waals surface area contributed by atoms with Crippen molar-refractivity contribution in [2.45, 2.75) is 13.5 Å². The molecule has 2 aromatic rings. The van der Waals surface area contributed by atoms with Crippen LogP contribution < -0.4 is 21.3 Å². The molecule has 1 heterocycles. The molecule has 0 aliphatic carbocycles. The van der Waals surface area contributed by atoms with Gasteiger partial charge in [0.15, 0.2) is 5.82 Å². The van der Waals surface area contributed by atoms with Gasteiger partial charge in [-0.3, -0.25) is 0 Å². The molecule has 1 aromatic heterocycles. The number of methoxy groups -OCH3 is 2. The molecule has 4 N–H and O–H groups in total. The highest BCUT2D eigenvalue weighted by atomic mass is 16.5. The van der Waals surface area contributed by atoms with Crippen molar-refractivity contribution in [1.82, 2.24) is 9.97 Å². The number of benzene rings is 1. The molecule has 112 valence electrons. The van der Waals surface area contributed by atoms with E-state index in [4.69, 9.17) is 15.3 Å². The predicted octanol–water partition coefficient (Wildman–Crippen LogP) is 1.97. The van der Waals surface area contributed by atoms with Gasteiger partial charge in [0, 0.05) is 13.2 Å². The third kappa shape index (κ3) is 3.80. The summed E-state index contributed by atoms with van der Waals surface area (Å²) in [5, 5.41) is 3.21. The van der Waals surface area contributed by atoms with Crippen LogP contribution >= 0.6 is 0 Å². The van der Waals surface area contributed by atoms with Crippen molar-refractivity contribution in [1.29, 1.82) is 0 Å². The Balaban J connectivity index is 2.34. The molecule has 2 rings (SSSR count). The highest BCUT2D eigenvalue weighted by Crippen LogP contribution is 2.28. The average molecular weight is 289 g/mol. The standard InChI is InChI=1S/C14H19N5O2/c1-9-4-5-11(21-3)10(6-9)16-12-7-13(19-15)18-14(17-12)8-20-2/h4-7H,8,15H2,1-3H3,(H2,16,17,18,19). The molecule has 0 radical (unpaired) electrons. The Bertz CT molecular complexity index is 618. The van der Waals surface area contributed by atoms with Crippen LogP contribution in [0.2, 0.25) is 0 Å². The maximum Gasteiger partial charge on any atom is 0.158 e. The summed E-state index contributed by atoms with van der Waals surface area (Å²) in [5.74, 6) is 7.80. The van der Waals surface area contributed by atoms with Crippen molar-refractivity contribution in [2.24, 2.45) is 5.84 Å². The first kappa shape index (κ1) is 15.0. The quantitative estimate of drug-likeness (QED) is 0.553. The van der Waals surface area contributed by atoms with Crippen LogP contribution in [0.15, 0.2) is 24.3 Å². The molecule has 0 saturated carbocycles. The van der Waals surface area contributed by atoms with Crippen molar-refractivity contribution >= 4 is 17.3 Å². The lowest BCUT2D eigenvalue weighted by molar-refractivity contribution is 0.178. The monoisotopic (exact) mass is 289 g/mol. The van der Waals surface area contributed by atoms with Crippen molar-refractivity contribution < 1.29 is 9.47 Å². The van der Waals surface area contributed by atoms with Crippen molar-refractivity contribution in [2.75, 3.05) is 25.0 Å². The molecular formula is C14H19N5O2. The molecule has 0 aliphatic heterocycles. The smallest absolute Gasteiger partial charge is 0.158 e. The lowest BCUT2D eigenvalue weighted by Gasteiger charge is -2.13. The normalized spacial score (nSPS) is 10.3. The van der Waals surface area contributed by atoms with E-state index in [0.717, 1.165) is 17.0 Å². The van der Waals surface area contributed by atoms with Crippen LogP contribution in [-0.4, -0.2) is 24.2 Å². The van der Waals surface area contributed by atoms with E-state index in [2.05, 4.69) is 20.7 Å².